The number of aliphatic imine (C=N–C) groups is 1. The van der Waals surface area contributed by atoms with Crippen molar-refractivity contribution in [2.75, 3.05) is 19.7 Å². The van der Waals surface area contributed by atoms with Crippen molar-refractivity contribution in [3.05, 3.63) is 35.9 Å². The SMILES string of the molecule is NC1=NC2(CCN(Cc3ccccc3)C2)CO1. The first-order valence-electron chi connectivity index (χ1n) is 6.00. The van der Waals surface area contributed by atoms with Crippen LogP contribution in [0.2, 0.25) is 0 Å². The van der Waals surface area contributed by atoms with Crippen LogP contribution < -0.4 is 5.73 Å². The second-order valence-corrected chi connectivity index (χ2v) is 4.91. The molecule has 2 heterocycles. The standard InChI is InChI=1S/C13H17N3O/c14-12-15-13(10-17-12)6-7-16(9-13)8-11-4-2-1-3-5-11/h1-5H,6-10H2,(H2,14,15). The molecule has 17 heavy (non-hydrogen) atoms. The number of ether oxygens (including phenoxy) is 1. The Morgan fingerprint density at radius 2 is 2.18 bits per heavy atom. The zero-order valence-corrected chi connectivity index (χ0v) is 9.80. The first kappa shape index (κ1) is 10.6. The summed E-state index contributed by atoms with van der Waals surface area (Å²) < 4.78 is 5.29. The number of benzene rings is 1. The second kappa shape index (κ2) is 4.04. The van der Waals surface area contributed by atoms with Crippen molar-refractivity contribution < 1.29 is 4.74 Å². The molecule has 1 atom stereocenters. The van der Waals surface area contributed by atoms with Crippen molar-refractivity contribution in [1.82, 2.24) is 4.90 Å². The number of nitrogens with zero attached hydrogens (tertiary/aromatic N) is 2. The number of rotatable bonds is 2. The quantitative estimate of drug-likeness (QED) is 0.825. The molecule has 4 heteroatoms. The van der Waals surface area contributed by atoms with Gasteiger partial charge in [0.05, 0.1) is 0 Å². The van der Waals surface area contributed by atoms with Gasteiger partial charge in [0.2, 0.25) is 0 Å². The molecule has 0 aromatic heterocycles. The topological polar surface area (TPSA) is 50.8 Å². The fourth-order valence-electron chi connectivity index (χ4n) is 2.63. The van der Waals surface area contributed by atoms with E-state index in [0.717, 1.165) is 26.1 Å². The minimum absolute atomic E-state index is 0.0706. The average molecular weight is 231 g/mol. The van der Waals surface area contributed by atoms with E-state index >= 15 is 0 Å². The van der Waals surface area contributed by atoms with E-state index in [2.05, 4.69) is 34.2 Å². The molecule has 1 fully saturated rings. The Balaban J connectivity index is 1.65. The van der Waals surface area contributed by atoms with Crippen LogP contribution in [-0.2, 0) is 11.3 Å². The number of hydrogen-bond donors (Lipinski definition) is 1. The van der Waals surface area contributed by atoms with Gasteiger partial charge in [-0.05, 0) is 12.0 Å². The van der Waals surface area contributed by atoms with Crippen molar-refractivity contribution in [3.63, 3.8) is 0 Å². The Kier molecular flexibility index (Phi) is 2.52. The van der Waals surface area contributed by atoms with Gasteiger partial charge in [0, 0.05) is 19.6 Å². The zero-order valence-electron chi connectivity index (χ0n) is 9.80. The highest BCUT2D eigenvalue weighted by Crippen LogP contribution is 2.30. The lowest BCUT2D eigenvalue weighted by Crippen LogP contribution is -2.32. The van der Waals surface area contributed by atoms with Gasteiger partial charge in [-0.15, -0.1) is 0 Å². The van der Waals surface area contributed by atoms with Gasteiger partial charge < -0.3 is 10.5 Å². The molecule has 0 saturated carbocycles. The molecule has 1 unspecified atom stereocenters. The molecule has 1 aromatic carbocycles. The van der Waals surface area contributed by atoms with Gasteiger partial charge in [-0.1, -0.05) is 30.3 Å². The van der Waals surface area contributed by atoms with E-state index in [-0.39, 0.29) is 5.54 Å². The Hall–Kier alpha value is -1.55. The molecule has 0 radical (unpaired) electrons. The summed E-state index contributed by atoms with van der Waals surface area (Å²) in [6, 6.07) is 10.9. The maximum atomic E-state index is 5.60. The monoisotopic (exact) mass is 231 g/mol. The van der Waals surface area contributed by atoms with Gasteiger partial charge in [0.15, 0.2) is 0 Å². The molecule has 0 bridgehead atoms. The van der Waals surface area contributed by atoms with Crippen LogP contribution in [0.15, 0.2) is 35.3 Å². The summed E-state index contributed by atoms with van der Waals surface area (Å²) in [6.07, 6.45) is 1.04. The molecule has 2 aliphatic rings. The first-order chi connectivity index (χ1) is 8.26. The van der Waals surface area contributed by atoms with Crippen LogP contribution in [0, 0.1) is 0 Å². The van der Waals surface area contributed by atoms with Gasteiger partial charge in [0.1, 0.15) is 12.1 Å². The Morgan fingerprint density at radius 3 is 2.88 bits per heavy atom. The summed E-state index contributed by atoms with van der Waals surface area (Å²) in [5.74, 6) is 0. The van der Waals surface area contributed by atoms with Crippen molar-refractivity contribution >= 4 is 6.02 Å². The third kappa shape index (κ3) is 2.13. The van der Waals surface area contributed by atoms with Crippen LogP contribution in [0.25, 0.3) is 0 Å². The maximum Gasteiger partial charge on any atom is 0.282 e. The Labute approximate surface area is 101 Å². The van der Waals surface area contributed by atoms with Crippen LogP contribution >= 0.6 is 0 Å². The minimum atomic E-state index is -0.0706. The number of nitrogens with two attached hydrogens (primary N) is 1. The van der Waals surface area contributed by atoms with Crippen molar-refractivity contribution in [3.8, 4) is 0 Å². The molecule has 3 rings (SSSR count). The summed E-state index contributed by atoms with van der Waals surface area (Å²) in [6.45, 7) is 3.64. The van der Waals surface area contributed by atoms with Crippen molar-refractivity contribution in [2.45, 2.75) is 18.5 Å². The number of amidine groups is 1. The molecule has 0 amide bonds. The summed E-state index contributed by atoms with van der Waals surface area (Å²) in [4.78, 5) is 6.86. The molecule has 2 aliphatic heterocycles. The fraction of sp³-hybridized carbons (Fsp3) is 0.462. The predicted molar refractivity (Wildman–Crippen MR) is 66.6 cm³/mol. The third-order valence-corrected chi connectivity index (χ3v) is 3.50. The summed E-state index contributed by atoms with van der Waals surface area (Å²) in [5.41, 5.74) is 6.87. The van der Waals surface area contributed by atoms with E-state index < -0.39 is 0 Å². The molecule has 1 saturated heterocycles. The molecule has 90 valence electrons. The fourth-order valence-corrected chi connectivity index (χ4v) is 2.63. The van der Waals surface area contributed by atoms with Crippen LogP contribution in [0.3, 0.4) is 0 Å². The van der Waals surface area contributed by atoms with Crippen molar-refractivity contribution in [1.29, 1.82) is 0 Å². The van der Waals surface area contributed by atoms with Crippen LogP contribution in [0.5, 0.6) is 0 Å². The van der Waals surface area contributed by atoms with Crippen LogP contribution in [0.4, 0.5) is 0 Å². The van der Waals surface area contributed by atoms with E-state index in [0.29, 0.717) is 12.6 Å². The molecular weight excluding hydrogens is 214 g/mol. The number of likely N-dealkylation sites (tertiary alicyclic amines) is 1. The summed E-state index contributed by atoms with van der Waals surface area (Å²) >= 11 is 0. The van der Waals surface area contributed by atoms with E-state index in [1.165, 1.54) is 5.56 Å². The highest BCUT2D eigenvalue weighted by Gasteiger charge is 2.42. The van der Waals surface area contributed by atoms with E-state index in [1.54, 1.807) is 0 Å². The minimum Gasteiger partial charge on any atom is -0.463 e. The lowest BCUT2D eigenvalue weighted by molar-refractivity contribution is 0.239. The Bertz CT molecular complexity index is 432. The third-order valence-electron chi connectivity index (χ3n) is 3.50. The maximum absolute atomic E-state index is 5.60. The second-order valence-electron chi connectivity index (χ2n) is 4.91. The molecule has 1 aromatic rings. The van der Waals surface area contributed by atoms with Crippen LogP contribution in [0.1, 0.15) is 12.0 Å². The molecule has 1 spiro atoms. The summed E-state index contributed by atoms with van der Waals surface area (Å²) in [5, 5.41) is 0. The van der Waals surface area contributed by atoms with Gasteiger partial charge in [-0.25, -0.2) is 4.99 Å². The van der Waals surface area contributed by atoms with Crippen LogP contribution in [-0.4, -0.2) is 36.2 Å². The Morgan fingerprint density at radius 1 is 1.35 bits per heavy atom. The molecule has 2 N–H and O–H groups in total. The zero-order chi connectivity index (χ0) is 11.7. The predicted octanol–water partition coefficient (Wildman–Crippen LogP) is 0.976. The van der Waals surface area contributed by atoms with Gasteiger partial charge in [0.25, 0.3) is 6.02 Å². The lowest BCUT2D eigenvalue weighted by atomic mass is 10.0. The highest BCUT2D eigenvalue weighted by atomic mass is 16.5. The normalized spacial score (nSPS) is 28.4. The van der Waals surface area contributed by atoms with E-state index in [1.807, 2.05) is 6.07 Å². The average Bonchev–Trinajstić information content (AvgIpc) is 2.88. The summed E-state index contributed by atoms with van der Waals surface area (Å²) in [7, 11) is 0. The largest absolute Gasteiger partial charge is 0.463 e. The van der Waals surface area contributed by atoms with Gasteiger partial charge in [-0.3, -0.25) is 4.90 Å². The molecular formula is C13H17N3O. The van der Waals surface area contributed by atoms with Gasteiger partial charge >= 0.3 is 0 Å². The highest BCUT2D eigenvalue weighted by molar-refractivity contribution is 5.73. The van der Waals surface area contributed by atoms with E-state index in [4.69, 9.17) is 10.5 Å². The smallest absolute Gasteiger partial charge is 0.282 e. The molecule has 0 aliphatic carbocycles. The number of hydrogen-bond acceptors (Lipinski definition) is 4. The van der Waals surface area contributed by atoms with E-state index in [9.17, 15) is 0 Å². The molecule has 4 nitrogen and oxygen atoms in total. The lowest BCUT2D eigenvalue weighted by Gasteiger charge is -2.19. The van der Waals surface area contributed by atoms with Gasteiger partial charge in [-0.2, -0.15) is 0 Å². The first-order valence-corrected chi connectivity index (χ1v) is 6.00. The van der Waals surface area contributed by atoms with Crippen molar-refractivity contribution in [2.24, 2.45) is 10.7 Å².